The third-order valence-electron chi connectivity index (χ3n) is 4.70. The highest BCUT2D eigenvalue weighted by Crippen LogP contribution is 2.33. The Morgan fingerprint density at radius 1 is 0.862 bits per heavy atom. The number of H-pyrrole nitrogens is 1. The zero-order chi connectivity index (χ0) is 19.8. The summed E-state index contributed by atoms with van der Waals surface area (Å²) < 4.78 is 27.7. The van der Waals surface area contributed by atoms with E-state index in [1.54, 1.807) is 48.9 Å². The van der Waals surface area contributed by atoms with Gasteiger partial charge in [-0.25, -0.2) is 12.4 Å². The molecule has 3 aromatic heterocycles. The van der Waals surface area contributed by atoms with Gasteiger partial charge in [-0.2, -0.15) is 5.10 Å². The fourth-order valence-corrected chi connectivity index (χ4v) is 4.60. The van der Waals surface area contributed by atoms with Crippen molar-refractivity contribution in [3.63, 3.8) is 0 Å². The first-order chi connectivity index (χ1) is 14.1. The maximum atomic E-state index is 13.3. The lowest BCUT2D eigenvalue weighted by molar-refractivity contribution is 0.588. The topological polar surface area (TPSA) is 93.5 Å². The predicted octanol–water partition coefficient (Wildman–Crippen LogP) is 3.73. The summed E-state index contributed by atoms with van der Waals surface area (Å²) in [5, 5.41) is 16.0. The van der Waals surface area contributed by atoms with E-state index in [0.29, 0.717) is 16.6 Å². The van der Waals surface area contributed by atoms with E-state index < -0.39 is 10.0 Å². The van der Waals surface area contributed by atoms with Gasteiger partial charge in [0, 0.05) is 34.5 Å². The van der Waals surface area contributed by atoms with Crippen LogP contribution in [0.2, 0.25) is 0 Å². The molecule has 0 atom stereocenters. The minimum absolute atomic E-state index is 0.185. The molecule has 0 fully saturated rings. The van der Waals surface area contributed by atoms with Crippen LogP contribution in [0, 0.1) is 0 Å². The van der Waals surface area contributed by atoms with Crippen LogP contribution in [-0.2, 0) is 10.0 Å². The van der Waals surface area contributed by atoms with Crippen LogP contribution < -0.4 is 0 Å². The molecule has 0 unspecified atom stereocenters. The number of nitrogens with zero attached hydrogens (tertiary/aromatic N) is 4. The van der Waals surface area contributed by atoms with Gasteiger partial charge in [0.15, 0.2) is 5.65 Å². The normalized spacial score (nSPS) is 11.7. The number of aromatic amines is 1. The largest absolute Gasteiger partial charge is 0.285 e. The molecule has 0 spiro atoms. The summed E-state index contributed by atoms with van der Waals surface area (Å²) in [6.45, 7) is 0. The molecule has 0 saturated carbocycles. The number of rotatable bonds is 4. The van der Waals surface area contributed by atoms with Gasteiger partial charge in [0.1, 0.15) is 0 Å². The summed E-state index contributed by atoms with van der Waals surface area (Å²) >= 11 is 0. The Morgan fingerprint density at radius 3 is 2.28 bits per heavy atom. The van der Waals surface area contributed by atoms with Crippen molar-refractivity contribution in [2.45, 2.75) is 4.90 Å². The second-order valence-corrected chi connectivity index (χ2v) is 8.29. The second kappa shape index (κ2) is 6.68. The number of fused-ring (bicyclic) bond motifs is 1. The van der Waals surface area contributed by atoms with Crippen LogP contribution in [0.3, 0.4) is 0 Å². The van der Waals surface area contributed by atoms with Crippen LogP contribution >= 0.6 is 0 Å². The standard InChI is InChI=1S/C21H15N5O2S/c27-29(28,17-9-5-2-6-10-17)26-14-19(16-12-22-23-13-16)18-11-20(24-25-21(18)26)15-7-3-1-4-8-15/h1-14H,(H,22,23). The first-order valence-corrected chi connectivity index (χ1v) is 10.3. The third kappa shape index (κ3) is 2.90. The van der Waals surface area contributed by atoms with Crippen LogP contribution in [0.5, 0.6) is 0 Å². The Labute approximate surface area is 166 Å². The van der Waals surface area contributed by atoms with Crippen molar-refractivity contribution < 1.29 is 8.42 Å². The smallest absolute Gasteiger partial charge is 0.269 e. The number of hydrogen-bond acceptors (Lipinski definition) is 5. The molecule has 0 radical (unpaired) electrons. The zero-order valence-electron chi connectivity index (χ0n) is 15.1. The van der Waals surface area contributed by atoms with Gasteiger partial charge in [-0.05, 0) is 18.2 Å². The predicted molar refractivity (Wildman–Crippen MR) is 110 cm³/mol. The Bertz CT molecular complexity index is 1390. The van der Waals surface area contributed by atoms with Crippen molar-refractivity contribution in [2.75, 3.05) is 0 Å². The molecule has 0 saturated heterocycles. The van der Waals surface area contributed by atoms with E-state index in [2.05, 4.69) is 20.4 Å². The van der Waals surface area contributed by atoms with Gasteiger partial charge in [0.25, 0.3) is 10.0 Å². The fourth-order valence-electron chi connectivity index (χ4n) is 3.26. The minimum Gasteiger partial charge on any atom is -0.285 e. The Balaban J connectivity index is 1.79. The van der Waals surface area contributed by atoms with Gasteiger partial charge >= 0.3 is 0 Å². The van der Waals surface area contributed by atoms with Gasteiger partial charge < -0.3 is 0 Å². The molecule has 1 N–H and O–H groups in total. The maximum Gasteiger partial charge on any atom is 0.269 e. The lowest BCUT2D eigenvalue weighted by Gasteiger charge is -2.06. The Kier molecular flexibility index (Phi) is 3.99. The monoisotopic (exact) mass is 401 g/mol. The van der Waals surface area contributed by atoms with Gasteiger partial charge in [-0.3, -0.25) is 5.10 Å². The molecule has 2 aromatic carbocycles. The van der Waals surface area contributed by atoms with Crippen molar-refractivity contribution in [2.24, 2.45) is 0 Å². The van der Waals surface area contributed by atoms with E-state index in [1.165, 1.54) is 3.97 Å². The molecule has 5 rings (SSSR count). The summed E-state index contributed by atoms with van der Waals surface area (Å²) in [6, 6.07) is 19.8. The summed E-state index contributed by atoms with van der Waals surface area (Å²) in [4.78, 5) is 0.185. The average molecular weight is 401 g/mol. The van der Waals surface area contributed by atoms with E-state index in [0.717, 1.165) is 11.1 Å². The maximum absolute atomic E-state index is 13.3. The highest BCUT2D eigenvalue weighted by molar-refractivity contribution is 7.90. The van der Waals surface area contributed by atoms with Crippen LogP contribution in [0.25, 0.3) is 33.4 Å². The third-order valence-corrected chi connectivity index (χ3v) is 6.36. The number of nitrogens with one attached hydrogen (secondary N) is 1. The number of benzene rings is 2. The molecule has 29 heavy (non-hydrogen) atoms. The van der Waals surface area contributed by atoms with E-state index in [4.69, 9.17) is 0 Å². The molecule has 142 valence electrons. The number of hydrogen-bond donors (Lipinski definition) is 1. The van der Waals surface area contributed by atoms with Crippen molar-refractivity contribution in [1.29, 1.82) is 0 Å². The first-order valence-electron chi connectivity index (χ1n) is 8.88. The molecular formula is C21H15N5O2S. The zero-order valence-corrected chi connectivity index (χ0v) is 15.9. The number of aromatic nitrogens is 5. The van der Waals surface area contributed by atoms with Gasteiger partial charge in [0.2, 0.25) is 0 Å². The van der Waals surface area contributed by atoms with Crippen molar-refractivity contribution in [3.8, 4) is 22.4 Å². The molecule has 3 heterocycles. The van der Waals surface area contributed by atoms with Crippen LogP contribution in [0.4, 0.5) is 0 Å². The van der Waals surface area contributed by atoms with E-state index >= 15 is 0 Å². The molecule has 0 bridgehead atoms. The Hall–Kier alpha value is -3.78. The summed E-state index contributed by atoms with van der Waals surface area (Å²) in [5.41, 5.74) is 3.31. The van der Waals surface area contributed by atoms with Gasteiger partial charge in [0.05, 0.1) is 16.8 Å². The molecule has 5 aromatic rings. The molecular weight excluding hydrogens is 386 g/mol. The summed E-state index contributed by atoms with van der Waals surface area (Å²) in [7, 11) is -3.83. The first kappa shape index (κ1) is 17.3. The highest BCUT2D eigenvalue weighted by Gasteiger charge is 2.23. The average Bonchev–Trinajstić information content (AvgIpc) is 3.42. The van der Waals surface area contributed by atoms with Crippen molar-refractivity contribution in [3.05, 3.63) is 85.3 Å². The second-order valence-electron chi connectivity index (χ2n) is 6.48. The molecule has 0 aliphatic carbocycles. The molecule has 7 nitrogen and oxygen atoms in total. The van der Waals surface area contributed by atoms with E-state index in [1.807, 2.05) is 36.4 Å². The van der Waals surface area contributed by atoms with Crippen LogP contribution in [0.1, 0.15) is 0 Å². The highest BCUT2D eigenvalue weighted by atomic mass is 32.2. The van der Waals surface area contributed by atoms with E-state index in [-0.39, 0.29) is 10.5 Å². The van der Waals surface area contributed by atoms with Gasteiger partial charge in [-0.1, -0.05) is 48.5 Å². The van der Waals surface area contributed by atoms with Crippen molar-refractivity contribution in [1.82, 2.24) is 24.4 Å². The fraction of sp³-hybridized carbons (Fsp3) is 0. The summed E-state index contributed by atoms with van der Waals surface area (Å²) in [6.07, 6.45) is 4.94. The molecule has 0 amide bonds. The lowest BCUT2D eigenvalue weighted by atomic mass is 10.1. The van der Waals surface area contributed by atoms with Crippen molar-refractivity contribution >= 4 is 21.1 Å². The van der Waals surface area contributed by atoms with Crippen LogP contribution in [-0.4, -0.2) is 32.8 Å². The molecule has 0 aliphatic heterocycles. The van der Waals surface area contributed by atoms with Crippen LogP contribution in [0.15, 0.2) is 90.2 Å². The minimum atomic E-state index is -3.83. The molecule has 0 aliphatic rings. The van der Waals surface area contributed by atoms with Gasteiger partial charge in [-0.15, -0.1) is 10.2 Å². The summed E-state index contributed by atoms with van der Waals surface area (Å²) in [5.74, 6) is 0. The molecule has 8 heteroatoms. The SMILES string of the molecule is O=S(=O)(c1ccccc1)n1cc(-c2cn[nH]c2)c2cc(-c3ccccc3)nnc21. The van der Waals surface area contributed by atoms with E-state index in [9.17, 15) is 8.42 Å². The lowest BCUT2D eigenvalue weighted by Crippen LogP contribution is -2.12. The Morgan fingerprint density at radius 2 is 1.59 bits per heavy atom. The quantitative estimate of drug-likeness (QED) is 0.495.